The normalized spacial score (nSPS) is 14.4. The van der Waals surface area contributed by atoms with Crippen molar-refractivity contribution in [1.29, 1.82) is 0 Å². The van der Waals surface area contributed by atoms with Crippen molar-refractivity contribution in [2.24, 2.45) is 5.92 Å². The quantitative estimate of drug-likeness (QED) is 0.127. The van der Waals surface area contributed by atoms with Crippen molar-refractivity contribution in [3.8, 4) is 11.3 Å². The molecule has 2 heterocycles. The van der Waals surface area contributed by atoms with Crippen molar-refractivity contribution >= 4 is 38.9 Å². The Morgan fingerprint density at radius 2 is 1.77 bits per heavy atom. The molecule has 0 radical (unpaired) electrons. The van der Waals surface area contributed by atoms with Gasteiger partial charge in [-0.05, 0) is 55.7 Å². The second-order valence-corrected chi connectivity index (χ2v) is 13.8. The number of nitrogens with zero attached hydrogens (tertiary/aromatic N) is 1. The molecule has 4 aromatic rings. The van der Waals surface area contributed by atoms with Gasteiger partial charge in [0, 0.05) is 25.1 Å². The third kappa shape index (κ3) is 8.06. The zero-order chi connectivity index (χ0) is 33.7. The maximum Gasteiger partial charge on any atom is 0.333 e. The first-order valence-electron chi connectivity index (χ1n) is 15.7. The highest BCUT2D eigenvalue weighted by molar-refractivity contribution is 7.88. The number of pyridine rings is 1. The molecule has 5 rings (SSSR count). The molecule has 1 fully saturated rings. The number of hydrogen-bond donors (Lipinski definition) is 3. The summed E-state index contributed by atoms with van der Waals surface area (Å²) in [6, 6.07) is 17.4. The lowest BCUT2D eigenvalue weighted by atomic mass is 10.0. The summed E-state index contributed by atoms with van der Waals surface area (Å²) in [7, 11) is -0.977. The Bertz CT molecular complexity index is 1870. The molecule has 11 nitrogen and oxygen atoms in total. The fraction of sp³-hybridized carbons (Fsp3) is 0.371. The monoisotopic (exact) mass is 660 g/mol. The minimum atomic E-state index is -3.80. The van der Waals surface area contributed by atoms with Gasteiger partial charge in [0.05, 0.1) is 23.8 Å². The molecule has 1 saturated carbocycles. The number of methoxy groups -OCH3 is 1. The summed E-state index contributed by atoms with van der Waals surface area (Å²) in [5.74, 6) is -1.50. The van der Waals surface area contributed by atoms with Gasteiger partial charge in [0.15, 0.2) is 6.04 Å². The second-order valence-electron chi connectivity index (χ2n) is 12.0. The molecule has 2 aromatic heterocycles. The van der Waals surface area contributed by atoms with Gasteiger partial charge in [-0.1, -0.05) is 67.1 Å². The summed E-state index contributed by atoms with van der Waals surface area (Å²) in [4.78, 5) is 42.9. The minimum absolute atomic E-state index is 0.124. The number of esters is 1. The van der Waals surface area contributed by atoms with Gasteiger partial charge >= 0.3 is 5.97 Å². The number of nitrogens with one attached hydrogen (secondary N) is 3. The number of carbonyl (C=O) groups is 3. The van der Waals surface area contributed by atoms with Crippen LogP contribution >= 0.6 is 0 Å². The highest BCUT2D eigenvalue weighted by Crippen LogP contribution is 2.44. The molecule has 12 heteroatoms. The van der Waals surface area contributed by atoms with Crippen LogP contribution in [0, 0.1) is 12.8 Å². The number of amides is 2. The first-order chi connectivity index (χ1) is 22.5. The number of aryl methyl sites for hydroxylation is 1. The number of rotatable bonds is 14. The minimum Gasteiger partial charge on any atom is -0.467 e. The van der Waals surface area contributed by atoms with Gasteiger partial charge in [-0.15, -0.1) is 0 Å². The fourth-order valence-corrected chi connectivity index (χ4v) is 6.67. The van der Waals surface area contributed by atoms with Crippen molar-refractivity contribution < 1.29 is 32.0 Å². The van der Waals surface area contributed by atoms with Crippen LogP contribution < -0.4 is 15.4 Å². The maximum atomic E-state index is 13.2. The topological polar surface area (TPSA) is 157 Å². The van der Waals surface area contributed by atoms with E-state index in [0.29, 0.717) is 40.8 Å². The van der Waals surface area contributed by atoms with E-state index in [1.165, 1.54) is 7.11 Å². The summed E-state index contributed by atoms with van der Waals surface area (Å²) in [5, 5.41) is 5.98. The summed E-state index contributed by atoms with van der Waals surface area (Å²) < 4.78 is 40.1. The molecule has 2 amide bonds. The van der Waals surface area contributed by atoms with E-state index in [2.05, 4.69) is 20.3 Å². The molecule has 2 atom stereocenters. The molecule has 0 unspecified atom stereocenters. The van der Waals surface area contributed by atoms with Crippen LogP contribution in [0.5, 0.6) is 0 Å². The molecule has 0 bridgehead atoms. The Kier molecular flexibility index (Phi) is 10.4. The standard InChI is InChI=1S/C35H40N4O7S/c1-21-12-14-25(15-13-21)31-29(33(41)36-3)27-19-26(23-16-17-23)28(38-34(27)46-31)20-47(43,44)37-18-8-9-22(2)32(40)39-30(35(42)45-4)24-10-6-5-7-11-24/h5-7,10-15,19,22-23,30,37H,8-9,16-18,20H2,1-4H3,(H,36,41)(H,39,40)/t22-,30-/m1/s1. The lowest BCUT2D eigenvalue weighted by Gasteiger charge is -2.19. The van der Waals surface area contributed by atoms with Gasteiger partial charge in [-0.2, -0.15) is 0 Å². The first-order valence-corrected chi connectivity index (χ1v) is 17.3. The van der Waals surface area contributed by atoms with E-state index in [0.717, 1.165) is 29.5 Å². The summed E-state index contributed by atoms with van der Waals surface area (Å²) >= 11 is 0. The molecule has 1 aliphatic rings. The number of hydrogen-bond acceptors (Lipinski definition) is 8. The summed E-state index contributed by atoms with van der Waals surface area (Å²) in [6.45, 7) is 3.82. The van der Waals surface area contributed by atoms with Crippen LogP contribution in [-0.4, -0.2) is 51.9 Å². The lowest BCUT2D eigenvalue weighted by Crippen LogP contribution is -2.37. The van der Waals surface area contributed by atoms with E-state index >= 15 is 0 Å². The van der Waals surface area contributed by atoms with Gasteiger partial charge in [0.25, 0.3) is 5.91 Å². The van der Waals surface area contributed by atoms with Gasteiger partial charge < -0.3 is 19.8 Å². The highest BCUT2D eigenvalue weighted by Gasteiger charge is 2.32. The molecule has 248 valence electrons. The van der Waals surface area contributed by atoms with Crippen LogP contribution in [0.25, 0.3) is 22.4 Å². The Balaban J connectivity index is 1.26. The SMILES string of the molecule is CNC(=O)c1c(-c2ccc(C)cc2)oc2nc(CS(=O)(=O)NCCC[C@@H](C)C(=O)N[C@@H](C(=O)OC)c3ccccc3)c(C3CC3)cc12. The van der Waals surface area contributed by atoms with Gasteiger partial charge in [0.2, 0.25) is 21.6 Å². The van der Waals surface area contributed by atoms with Crippen LogP contribution in [0.1, 0.15) is 77.3 Å². The molecule has 0 aliphatic heterocycles. The Hall–Kier alpha value is -4.55. The van der Waals surface area contributed by atoms with E-state index in [9.17, 15) is 22.8 Å². The fourth-order valence-electron chi connectivity index (χ4n) is 5.52. The van der Waals surface area contributed by atoms with Crippen LogP contribution in [0.2, 0.25) is 0 Å². The van der Waals surface area contributed by atoms with Gasteiger partial charge in [-0.25, -0.2) is 22.9 Å². The number of benzene rings is 2. The molecular formula is C35H40N4O7S. The van der Waals surface area contributed by atoms with E-state index in [-0.39, 0.29) is 35.7 Å². The zero-order valence-corrected chi connectivity index (χ0v) is 27.8. The largest absolute Gasteiger partial charge is 0.467 e. The predicted octanol–water partition coefficient (Wildman–Crippen LogP) is 4.91. The van der Waals surface area contributed by atoms with Crippen LogP contribution in [0.15, 0.2) is 65.1 Å². The van der Waals surface area contributed by atoms with Crippen LogP contribution in [0.4, 0.5) is 0 Å². The first kappa shape index (κ1) is 33.8. The predicted molar refractivity (Wildman–Crippen MR) is 178 cm³/mol. The van der Waals surface area contributed by atoms with E-state index in [4.69, 9.17) is 9.15 Å². The molecule has 0 spiro atoms. The highest BCUT2D eigenvalue weighted by atomic mass is 32.2. The number of sulfonamides is 1. The van der Waals surface area contributed by atoms with Crippen molar-refractivity contribution in [1.82, 2.24) is 20.3 Å². The summed E-state index contributed by atoms with van der Waals surface area (Å²) in [5.41, 5.74) is 4.15. The van der Waals surface area contributed by atoms with Gasteiger partial charge in [-0.3, -0.25) is 9.59 Å². The Labute approximate surface area is 274 Å². The maximum absolute atomic E-state index is 13.2. The van der Waals surface area contributed by atoms with E-state index < -0.39 is 28.0 Å². The van der Waals surface area contributed by atoms with E-state index in [1.54, 1.807) is 38.2 Å². The Morgan fingerprint density at radius 1 is 1.06 bits per heavy atom. The van der Waals surface area contributed by atoms with Crippen LogP contribution in [-0.2, 0) is 30.1 Å². The number of ether oxygens (including phenoxy) is 1. The number of carbonyl (C=O) groups excluding carboxylic acids is 3. The third-order valence-corrected chi connectivity index (χ3v) is 9.64. The molecule has 2 aromatic carbocycles. The lowest BCUT2D eigenvalue weighted by molar-refractivity contribution is -0.145. The zero-order valence-electron chi connectivity index (χ0n) is 27.0. The van der Waals surface area contributed by atoms with Crippen molar-refractivity contribution in [3.63, 3.8) is 0 Å². The molecule has 47 heavy (non-hydrogen) atoms. The number of furan rings is 1. The molecule has 0 saturated heterocycles. The smallest absolute Gasteiger partial charge is 0.333 e. The second kappa shape index (κ2) is 14.5. The Morgan fingerprint density at radius 3 is 2.40 bits per heavy atom. The van der Waals surface area contributed by atoms with Crippen molar-refractivity contribution in [2.45, 2.75) is 57.2 Å². The van der Waals surface area contributed by atoms with E-state index in [1.807, 2.05) is 43.3 Å². The number of aromatic nitrogens is 1. The number of fused-ring (bicyclic) bond motifs is 1. The third-order valence-electron chi connectivity index (χ3n) is 8.35. The molecule has 1 aliphatic carbocycles. The molecule has 3 N–H and O–H groups in total. The average Bonchev–Trinajstić information content (AvgIpc) is 3.85. The average molecular weight is 661 g/mol. The van der Waals surface area contributed by atoms with Crippen molar-refractivity contribution in [2.75, 3.05) is 20.7 Å². The summed E-state index contributed by atoms with van der Waals surface area (Å²) in [6.07, 6.45) is 2.61. The van der Waals surface area contributed by atoms with Crippen LogP contribution in [0.3, 0.4) is 0 Å². The molecular weight excluding hydrogens is 620 g/mol. The van der Waals surface area contributed by atoms with Crippen molar-refractivity contribution in [3.05, 3.63) is 88.6 Å². The van der Waals surface area contributed by atoms with Gasteiger partial charge in [0.1, 0.15) is 11.5 Å².